The Hall–Kier alpha value is -4.21. The third kappa shape index (κ3) is 5.43. The van der Waals surface area contributed by atoms with E-state index in [1.807, 2.05) is 19.9 Å². The van der Waals surface area contributed by atoms with Gasteiger partial charge in [0.1, 0.15) is 11.6 Å². The Bertz CT molecular complexity index is 1570. The van der Waals surface area contributed by atoms with Crippen molar-refractivity contribution in [1.29, 1.82) is 5.26 Å². The molecule has 12 heteroatoms. The number of carbonyl (C=O) groups excluding carboxylic acids is 2. The number of nitrogens with two attached hydrogens (primary N) is 1. The predicted octanol–water partition coefficient (Wildman–Crippen LogP) is 4.61. The summed E-state index contributed by atoms with van der Waals surface area (Å²) in [6.07, 6.45) is 4.24. The number of carbonyl (C=O) groups is 2. The van der Waals surface area contributed by atoms with Gasteiger partial charge in [-0.1, -0.05) is 49.1 Å². The molecule has 0 saturated carbocycles. The van der Waals surface area contributed by atoms with Gasteiger partial charge in [-0.2, -0.15) is 5.26 Å². The highest BCUT2D eigenvalue weighted by atomic mass is 32.2. The molecule has 1 aliphatic heterocycles. The van der Waals surface area contributed by atoms with E-state index in [1.165, 1.54) is 23.1 Å². The number of nitrogens with zero attached hydrogens (tertiary/aromatic N) is 5. The van der Waals surface area contributed by atoms with Crippen molar-refractivity contribution in [3.63, 3.8) is 0 Å². The van der Waals surface area contributed by atoms with Crippen LogP contribution in [-0.4, -0.2) is 39.7 Å². The Labute approximate surface area is 239 Å². The number of ketones is 1. The molecular formula is C28H27N7O3S2. The highest BCUT2D eigenvalue weighted by Gasteiger charge is 2.45. The number of amides is 1. The van der Waals surface area contributed by atoms with E-state index in [1.54, 1.807) is 54.7 Å². The number of nitriles is 1. The van der Waals surface area contributed by atoms with Crippen molar-refractivity contribution >= 4 is 45.6 Å². The van der Waals surface area contributed by atoms with E-state index < -0.39 is 5.92 Å². The summed E-state index contributed by atoms with van der Waals surface area (Å²) >= 11 is 2.49. The first-order valence-corrected chi connectivity index (χ1v) is 14.3. The molecule has 3 heterocycles. The molecule has 3 aromatic rings. The third-order valence-corrected chi connectivity index (χ3v) is 8.71. The normalized spacial score (nSPS) is 18.3. The summed E-state index contributed by atoms with van der Waals surface area (Å²) in [6.45, 7) is 4.07. The van der Waals surface area contributed by atoms with E-state index in [-0.39, 0.29) is 34.3 Å². The number of anilines is 2. The zero-order chi connectivity index (χ0) is 28.4. The van der Waals surface area contributed by atoms with Crippen LogP contribution in [0.15, 0.2) is 75.8 Å². The van der Waals surface area contributed by atoms with Crippen LogP contribution in [0.5, 0.6) is 5.75 Å². The monoisotopic (exact) mass is 573 g/mol. The molecule has 1 aliphatic carbocycles. The molecule has 0 bridgehead atoms. The quantitative estimate of drug-likeness (QED) is 0.384. The molecule has 1 unspecified atom stereocenters. The maximum absolute atomic E-state index is 13.6. The average Bonchev–Trinajstić information content (AvgIpc) is 3.39. The molecule has 0 spiro atoms. The number of aromatic nitrogens is 3. The number of ether oxygens (including phenoxy) is 1. The zero-order valence-electron chi connectivity index (χ0n) is 22.2. The number of benzene rings is 1. The average molecular weight is 574 g/mol. The van der Waals surface area contributed by atoms with Gasteiger partial charge in [0.05, 0.1) is 30.4 Å². The fourth-order valence-corrected chi connectivity index (χ4v) is 6.66. The number of methoxy groups -OCH3 is 1. The van der Waals surface area contributed by atoms with Crippen LogP contribution in [0.2, 0.25) is 0 Å². The van der Waals surface area contributed by atoms with Crippen LogP contribution in [0.3, 0.4) is 0 Å². The van der Waals surface area contributed by atoms with Gasteiger partial charge in [-0.05, 0) is 35.6 Å². The van der Waals surface area contributed by atoms with Crippen molar-refractivity contribution in [2.75, 3.05) is 23.1 Å². The largest absolute Gasteiger partial charge is 0.497 e. The van der Waals surface area contributed by atoms with Crippen LogP contribution in [0.1, 0.15) is 38.2 Å². The second-order valence-corrected chi connectivity index (χ2v) is 12.4. The van der Waals surface area contributed by atoms with Gasteiger partial charge in [0.15, 0.2) is 10.1 Å². The first kappa shape index (κ1) is 27.4. The van der Waals surface area contributed by atoms with Crippen molar-refractivity contribution in [3.05, 3.63) is 77.0 Å². The molecule has 0 saturated heterocycles. The molecule has 2 aromatic heterocycles. The minimum Gasteiger partial charge on any atom is -0.497 e. The number of nitrogens with one attached hydrogen (secondary N) is 1. The van der Waals surface area contributed by atoms with Crippen molar-refractivity contribution < 1.29 is 14.3 Å². The van der Waals surface area contributed by atoms with Gasteiger partial charge in [-0.3, -0.25) is 19.5 Å². The molecule has 2 aliphatic rings. The lowest BCUT2D eigenvalue weighted by Gasteiger charge is -2.42. The minimum absolute atomic E-state index is 0.0290. The zero-order valence-corrected chi connectivity index (χ0v) is 23.8. The number of pyridine rings is 1. The lowest BCUT2D eigenvalue weighted by Crippen LogP contribution is -2.42. The molecule has 10 nitrogen and oxygen atoms in total. The maximum atomic E-state index is 13.6. The Morgan fingerprint density at radius 1 is 1.30 bits per heavy atom. The van der Waals surface area contributed by atoms with Gasteiger partial charge < -0.3 is 15.8 Å². The third-order valence-electron chi connectivity index (χ3n) is 6.67. The molecule has 3 N–H and O–H groups in total. The predicted molar refractivity (Wildman–Crippen MR) is 154 cm³/mol. The van der Waals surface area contributed by atoms with Crippen LogP contribution in [0.4, 0.5) is 10.8 Å². The minimum atomic E-state index is -0.601. The Morgan fingerprint density at radius 2 is 2.12 bits per heavy atom. The molecule has 0 radical (unpaired) electrons. The second-order valence-electron chi connectivity index (χ2n) is 10.2. The number of thioether (sulfide) groups is 1. The van der Waals surface area contributed by atoms with Crippen molar-refractivity contribution in [3.8, 4) is 11.8 Å². The number of Topliss-reactive ketones (excluding diaryl/α,β-unsaturated/α-hetero) is 1. The summed E-state index contributed by atoms with van der Waals surface area (Å²) in [7, 11) is 1.57. The summed E-state index contributed by atoms with van der Waals surface area (Å²) < 4.78 is 5.76. The summed E-state index contributed by atoms with van der Waals surface area (Å²) in [4.78, 5) is 32.0. The SMILES string of the molecule is COc1cccc(NC(=O)CSc2nnc(N3C(N)=C(C#N)C(c4cccnc4)C4=C3CC(C)(C)CC4=O)s2)c1. The van der Waals surface area contributed by atoms with Crippen LogP contribution < -0.4 is 20.7 Å². The molecule has 1 atom stereocenters. The van der Waals surface area contributed by atoms with E-state index in [4.69, 9.17) is 10.5 Å². The highest BCUT2D eigenvalue weighted by Crippen LogP contribution is 2.50. The Balaban J connectivity index is 1.43. The van der Waals surface area contributed by atoms with Crippen molar-refractivity contribution in [2.45, 2.75) is 36.9 Å². The maximum Gasteiger partial charge on any atom is 0.234 e. The Morgan fingerprint density at radius 3 is 2.85 bits per heavy atom. The first-order chi connectivity index (χ1) is 19.2. The number of rotatable bonds is 7. The van der Waals surface area contributed by atoms with E-state index in [2.05, 4.69) is 26.6 Å². The molecule has 5 rings (SSSR count). The summed E-state index contributed by atoms with van der Waals surface area (Å²) in [5.74, 6) is 0.136. The topological polar surface area (TPSA) is 147 Å². The number of hydrogen-bond donors (Lipinski definition) is 2. The standard InChI is InChI=1S/C28H27N7O3S2/c1-28(2)11-20-24(21(36)12-28)23(16-6-5-9-31-14-16)19(13-29)25(30)35(20)26-33-34-27(40-26)39-15-22(37)32-17-7-4-8-18(10-17)38-3/h4-10,14,23H,11-12,15,30H2,1-3H3,(H,32,37). The second kappa shape index (κ2) is 11.1. The van der Waals surface area contributed by atoms with E-state index >= 15 is 0 Å². The lowest BCUT2D eigenvalue weighted by molar-refractivity contribution is -0.118. The molecular weight excluding hydrogens is 546 g/mol. The van der Waals surface area contributed by atoms with Crippen LogP contribution >= 0.6 is 23.1 Å². The first-order valence-electron chi connectivity index (χ1n) is 12.5. The number of hydrogen-bond acceptors (Lipinski definition) is 11. The van der Waals surface area contributed by atoms with Gasteiger partial charge >= 0.3 is 0 Å². The van der Waals surface area contributed by atoms with Crippen molar-refractivity contribution in [2.24, 2.45) is 11.1 Å². The van der Waals surface area contributed by atoms with Gasteiger partial charge in [0.2, 0.25) is 11.0 Å². The van der Waals surface area contributed by atoms with Gasteiger partial charge in [-0.15, -0.1) is 10.2 Å². The smallest absolute Gasteiger partial charge is 0.234 e. The van der Waals surface area contributed by atoms with E-state index in [0.29, 0.717) is 39.3 Å². The molecule has 1 aromatic carbocycles. The van der Waals surface area contributed by atoms with E-state index in [9.17, 15) is 14.9 Å². The highest BCUT2D eigenvalue weighted by molar-refractivity contribution is 8.01. The molecule has 204 valence electrons. The summed E-state index contributed by atoms with van der Waals surface area (Å²) in [5.41, 5.74) is 9.23. The van der Waals surface area contributed by atoms with Crippen molar-refractivity contribution in [1.82, 2.24) is 15.2 Å². The van der Waals surface area contributed by atoms with Gasteiger partial charge in [0.25, 0.3) is 0 Å². The lowest BCUT2D eigenvalue weighted by atomic mass is 9.69. The van der Waals surface area contributed by atoms with Crippen LogP contribution in [0.25, 0.3) is 0 Å². The summed E-state index contributed by atoms with van der Waals surface area (Å²) in [6, 6.07) is 13.0. The van der Waals surface area contributed by atoms with Gasteiger partial charge in [0, 0.05) is 41.8 Å². The van der Waals surface area contributed by atoms with Crippen LogP contribution in [0, 0.1) is 16.7 Å². The summed E-state index contributed by atoms with van der Waals surface area (Å²) in [5, 5.41) is 22.1. The fraction of sp³-hybridized carbons (Fsp3) is 0.286. The molecule has 0 fully saturated rings. The Kier molecular flexibility index (Phi) is 7.60. The fourth-order valence-electron chi connectivity index (χ4n) is 4.98. The van der Waals surface area contributed by atoms with Crippen LogP contribution in [-0.2, 0) is 9.59 Å². The molecule has 1 amide bonds. The van der Waals surface area contributed by atoms with E-state index in [0.717, 1.165) is 11.3 Å². The van der Waals surface area contributed by atoms with Gasteiger partial charge in [-0.25, -0.2) is 0 Å². The number of allylic oxidation sites excluding steroid dienone is 3. The molecule has 40 heavy (non-hydrogen) atoms.